The average molecular weight is 409 g/mol. The number of halogens is 2. The molecule has 0 aromatic heterocycles. The summed E-state index contributed by atoms with van der Waals surface area (Å²) in [4.78, 5) is 0. The summed E-state index contributed by atoms with van der Waals surface area (Å²) in [6, 6.07) is 13.1. The zero-order valence-electron chi connectivity index (χ0n) is 17.3. The van der Waals surface area contributed by atoms with Crippen LogP contribution in [0.25, 0.3) is 0 Å². The largest absolute Gasteiger partial charge is 0.206 e. The molecule has 1 aliphatic carbocycles. The summed E-state index contributed by atoms with van der Waals surface area (Å²) >= 11 is 5.79. The molecular weight excluding hydrogens is 379 g/mol. The van der Waals surface area contributed by atoms with Gasteiger partial charge in [0.2, 0.25) is 0 Å². The smallest absolute Gasteiger partial charge is 0.140 e. The topological polar surface area (TPSA) is 0 Å². The van der Waals surface area contributed by atoms with Crippen LogP contribution in [0.1, 0.15) is 80.9 Å². The molecular formula is C27H30ClF. The number of hydrogen-bond donors (Lipinski definition) is 0. The molecule has 0 nitrogen and oxygen atoms in total. The lowest BCUT2D eigenvalue weighted by Crippen LogP contribution is -2.13. The molecule has 2 aromatic carbocycles. The molecule has 0 atom stereocenters. The van der Waals surface area contributed by atoms with Crippen molar-refractivity contribution in [3.8, 4) is 11.8 Å². The fourth-order valence-electron chi connectivity index (χ4n) is 4.22. The van der Waals surface area contributed by atoms with Gasteiger partial charge in [-0.1, -0.05) is 60.6 Å². The Morgan fingerprint density at radius 3 is 2.45 bits per heavy atom. The molecule has 0 aliphatic heterocycles. The van der Waals surface area contributed by atoms with Crippen LogP contribution in [0.2, 0.25) is 5.02 Å². The van der Waals surface area contributed by atoms with Gasteiger partial charge in [-0.3, -0.25) is 0 Å². The van der Waals surface area contributed by atoms with Crippen LogP contribution in [0.5, 0.6) is 0 Å². The lowest BCUT2D eigenvalue weighted by Gasteiger charge is -2.29. The van der Waals surface area contributed by atoms with E-state index in [2.05, 4.69) is 55.2 Å². The second-order valence-corrected chi connectivity index (χ2v) is 8.50. The third-order valence-corrected chi connectivity index (χ3v) is 6.21. The van der Waals surface area contributed by atoms with Gasteiger partial charge in [0.1, 0.15) is 5.82 Å². The molecule has 0 radical (unpaired) electrons. The van der Waals surface area contributed by atoms with E-state index in [0.29, 0.717) is 16.5 Å². The lowest BCUT2D eigenvalue weighted by atomic mass is 9.77. The lowest BCUT2D eigenvalue weighted by molar-refractivity contribution is 0.303. The summed E-state index contributed by atoms with van der Waals surface area (Å²) in [5, 5.41) is 0.390. The van der Waals surface area contributed by atoms with Crippen molar-refractivity contribution in [3.05, 3.63) is 82.1 Å². The Kier molecular flexibility index (Phi) is 8.38. The standard InChI is InChI=1S/C27H30ClF/c1-2-3-4-5-6-7-21-8-13-23(14-9-21)24-15-10-22(11-16-24)12-17-25-18-19-26(28)20-27(25)29/h2-3,10-11,15-16,18-21,23H,4-9,13-14H2,1H3. The molecule has 2 heteroatoms. The summed E-state index contributed by atoms with van der Waals surface area (Å²) < 4.78 is 13.8. The van der Waals surface area contributed by atoms with Crippen molar-refractivity contribution in [3.63, 3.8) is 0 Å². The van der Waals surface area contributed by atoms with Crippen LogP contribution < -0.4 is 0 Å². The third kappa shape index (κ3) is 6.76. The second-order valence-electron chi connectivity index (χ2n) is 8.07. The van der Waals surface area contributed by atoms with Crippen molar-refractivity contribution in [2.45, 2.75) is 64.2 Å². The molecule has 0 heterocycles. The average Bonchev–Trinajstić information content (AvgIpc) is 2.74. The monoisotopic (exact) mass is 408 g/mol. The van der Waals surface area contributed by atoms with Crippen LogP contribution >= 0.6 is 11.6 Å². The van der Waals surface area contributed by atoms with E-state index in [1.54, 1.807) is 12.1 Å². The first kappa shape index (κ1) is 21.7. The van der Waals surface area contributed by atoms with Crippen LogP contribution in [0, 0.1) is 23.6 Å². The summed E-state index contributed by atoms with van der Waals surface area (Å²) in [7, 11) is 0. The van der Waals surface area contributed by atoms with Crippen LogP contribution in [-0.4, -0.2) is 0 Å². The first-order valence-corrected chi connectivity index (χ1v) is 11.2. The van der Waals surface area contributed by atoms with E-state index in [1.807, 2.05) is 0 Å². The minimum atomic E-state index is -0.375. The van der Waals surface area contributed by atoms with Gasteiger partial charge in [0.15, 0.2) is 0 Å². The summed E-state index contributed by atoms with van der Waals surface area (Å²) in [6.07, 6.45) is 15.0. The van der Waals surface area contributed by atoms with Crippen molar-refractivity contribution in [1.82, 2.24) is 0 Å². The molecule has 0 spiro atoms. The van der Waals surface area contributed by atoms with Gasteiger partial charge in [-0.15, -0.1) is 0 Å². The van der Waals surface area contributed by atoms with Gasteiger partial charge in [-0.25, -0.2) is 4.39 Å². The van der Waals surface area contributed by atoms with E-state index in [-0.39, 0.29) is 5.82 Å². The number of hydrogen-bond acceptors (Lipinski definition) is 0. The predicted molar refractivity (Wildman–Crippen MR) is 122 cm³/mol. The van der Waals surface area contributed by atoms with E-state index in [0.717, 1.165) is 11.5 Å². The van der Waals surface area contributed by atoms with Gasteiger partial charge in [0.05, 0.1) is 5.56 Å². The fraction of sp³-hybridized carbons (Fsp3) is 0.407. The molecule has 1 fully saturated rings. The van der Waals surface area contributed by atoms with Crippen molar-refractivity contribution in [1.29, 1.82) is 0 Å². The second kappa shape index (κ2) is 11.2. The highest BCUT2D eigenvalue weighted by Gasteiger charge is 2.21. The van der Waals surface area contributed by atoms with Gasteiger partial charge in [-0.05, 0) is 93.2 Å². The van der Waals surface area contributed by atoms with Crippen LogP contribution in [0.15, 0.2) is 54.6 Å². The van der Waals surface area contributed by atoms with Gasteiger partial charge in [0, 0.05) is 10.6 Å². The molecule has 0 bridgehead atoms. The van der Waals surface area contributed by atoms with E-state index >= 15 is 0 Å². The molecule has 152 valence electrons. The Labute approximate surface area is 180 Å². The maximum absolute atomic E-state index is 13.8. The highest BCUT2D eigenvalue weighted by Crippen LogP contribution is 2.37. The van der Waals surface area contributed by atoms with Crippen molar-refractivity contribution in [2.75, 3.05) is 0 Å². The molecule has 29 heavy (non-hydrogen) atoms. The fourth-order valence-corrected chi connectivity index (χ4v) is 4.37. The zero-order chi connectivity index (χ0) is 20.5. The highest BCUT2D eigenvalue weighted by molar-refractivity contribution is 6.30. The molecule has 0 N–H and O–H groups in total. The third-order valence-electron chi connectivity index (χ3n) is 5.97. The summed E-state index contributed by atoms with van der Waals surface area (Å²) in [5.41, 5.74) is 2.71. The minimum absolute atomic E-state index is 0.375. The van der Waals surface area contributed by atoms with Crippen LogP contribution in [0.3, 0.4) is 0 Å². The summed E-state index contributed by atoms with van der Waals surface area (Å²) in [5.74, 6) is 7.17. The van der Waals surface area contributed by atoms with Crippen molar-refractivity contribution < 1.29 is 4.39 Å². The van der Waals surface area contributed by atoms with Gasteiger partial charge in [-0.2, -0.15) is 0 Å². The number of allylic oxidation sites excluding steroid dienone is 2. The molecule has 1 saturated carbocycles. The van der Waals surface area contributed by atoms with E-state index in [1.165, 1.54) is 63.0 Å². The number of unbranched alkanes of at least 4 members (excludes halogenated alkanes) is 2. The van der Waals surface area contributed by atoms with Gasteiger partial charge >= 0.3 is 0 Å². The van der Waals surface area contributed by atoms with Crippen LogP contribution in [-0.2, 0) is 0 Å². The molecule has 0 saturated heterocycles. The maximum Gasteiger partial charge on any atom is 0.140 e. The predicted octanol–water partition coefficient (Wildman–Crippen LogP) is 8.29. The van der Waals surface area contributed by atoms with Gasteiger partial charge in [0.25, 0.3) is 0 Å². The van der Waals surface area contributed by atoms with Gasteiger partial charge < -0.3 is 0 Å². The molecule has 2 aromatic rings. The molecule has 3 rings (SSSR count). The Balaban J connectivity index is 1.49. The molecule has 0 amide bonds. The summed E-state index contributed by atoms with van der Waals surface area (Å²) in [6.45, 7) is 2.10. The van der Waals surface area contributed by atoms with E-state index in [9.17, 15) is 4.39 Å². The maximum atomic E-state index is 13.8. The molecule has 0 unspecified atom stereocenters. The first-order chi connectivity index (χ1) is 14.2. The van der Waals surface area contributed by atoms with E-state index < -0.39 is 0 Å². The minimum Gasteiger partial charge on any atom is -0.206 e. The number of rotatable bonds is 6. The Morgan fingerprint density at radius 1 is 1.00 bits per heavy atom. The number of benzene rings is 2. The SMILES string of the molecule is CC=CCCCCC1CCC(c2ccc(C#Cc3ccc(Cl)cc3F)cc2)CC1. The van der Waals surface area contributed by atoms with Crippen molar-refractivity contribution >= 4 is 11.6 Å². The highest BCUT2D eigenvalue weighted by atomic mass is 35.5. The van der Waals surface area contributed by atoms with E-state index in [4.69, 9.17) is 11.6 Å². The Hall–Kier alpha value is -2.04. The van der Waals surface area contributed by atoms with Crippen molar-refractivity contribution in [2.24, 2.45) is 5.92 Å². The zero-order valence-corrected chi connectivity index (χ0v) is 18.0. The first-order valence-electron chi connectivity index (χ1n) is 10.8. The molecule has 1 aliphatic rings. The Morgan fingerprint density at radius 2 is 1.76 bits per heavy atom. The Bertz CT molecular complexity index is 862. The normalized spacial score (nSPS) is 19.1. The van der Waals surface area contributed by atoms with Crippen LogP contribution in [0.4, 0.5) is 4.39 Å². The quantitative estimate of drug-likeness (QED) is 0.256.